The van der Waals surface area contributed by atoms with Crippen LogP contribution in [-0.4, -0.2) is 56.5 Å². The molecule has 120 valence electrons. The highest BCUT2D eigenvalue weighted by Gasteiger charge is 2.27. The number of amides is 1. The first-order chi connectivity index (χ1) is 10.8. The van der Waals surface area contributed by atoms with Gasteiger partial charge in [-0.25, -0.2) is 0 Å². The molecule has 0 saturated carbocycles. The van der Waals surface area contributed by atoms with Crippen LogP contribution in [0.4, 0.5) is 0 Å². The maximum absolute atomic E-state index is 11.3. The molecule has 1 amide bonds. The van der Waals surface area contributed by atoms with Gasteiger partial charge in [0.25, 0.3) is 0 Å². The van der Waals surface area contributed by atoms with Crippen molar-refractivity contribution in [2.45, 2.75) is 19.4 Å². The highest BCUT2D eigenvalue weighted by atomic mass is 16.5. The molecular weight excluding hydrogens is 282 g/mol. The van der Waals surface area contributed by atoms with E-state index in [0.717, 1.165) is 29.9 Å². The van der Waals surface area contributed by atoms with Crippen LogP contribution in [0.5, 0.6) is 5.75 Å². The van der Waals surface area contributed by atoms with Crippen LogP contribution < -0.4 is 10.2 Å². The van der Waals surface area contributed by atoms with Crippen molar-refractivity contribution >= 4 is 12.1 Å². The predicted molar refractivity (Wildman–Crippen MR) is 85.2 cm³/mol. The molecule has 0 radical (unpaired) electrons. The van der Waals surface area contributed by atoms with Crippen molar-refractivity contribution in [3.8, 4) is 5.75 Å². The second kappa shape index (κ2) is 8.38. The molecule has 2 rings (SSSR count). The Hall–Kier alpha value is -2.08. The van der Waals surface area contributed by atoms with Crippen molar-refractivity contribution in [3.63, 3.8) is 0 Å². The molecule has 1 heterocycles. The smallest absolute Gasteiger partial charge is 0.210 e. The maximum atomic E-state index is 11.3. The summed E-state index contributed by atoms with van der Waals surface area (Å²) in [6.45, 7) is 4.45. The topological polar surface area (TPSA) is 63.2 Å². The number of rotatable bonds is 9. The number of carbonyl (C=O) groups is 1. The molecule has 1 aromatic carbocycles. The largest absolute Gasteiger partial charge is 0.494 e. The van der Waals surface area contributed by atoms with Crippen molar-refractivity contribution in [1.82, 2.24) is 10.3 Å². The van der Waals surface area contributed by atoms with Gasteiger partial charge in [-0.1, -0.05) is 6.92 Å². The summed E-state index contributed by atoms with van der Waals surface area (Å²) in [6, 6.07) is 7.74. The molecule has 0 fully saturated rings. The summed E-state index contributed by atoms with van der Waals surface area (Å²) in [5.74, 6) is 0.848. The second-order valence-electron chi connectivity index (χ2n) is 5.08. The molecule has 1 aliphatic heterocycles. The van der Waals surface area contributed by atoms with Gasteiger partial charge in [0.2, 0.25) is 6.41 Å². The number of benzene rings is 1. The molecule has 22 heavy (non-hydrogen) atoms. The third-order valence-electron chi connectivity index (χ3n) is 3.51. The third-order valence-corrected chi connectivity index (χ3v) is 3.51. The van der Waals surface area contributed by atoms with Crippen LogP contribution in [0.15, 0.2) is 29.4 Å². The molecule has 1 unspecified atom stereocenters. The quantitative estimate of drug-likeness (QED) is 0.698. The van der Waals surface area contributed by atoms with Gasteiger partial charge >= 0.3 is 0 Å². The molecule has 1 N–H and O–H groups in total. The number of hydrogen-bond donors (Lipinski definition) is 1. The van der Waals surface area contributed by atoms with Gasteiger partial charge in [0, 0.05) is 19.2 Å². The average molecular weight is 305 g/mol. The van der Waals surface area contributed by atoms with Crippen LogP contribution in [0.2, 0.25) is 0 Å². The number of carbonyl (C=O) groups excluding carboxylic acids is 1. The Bertz CT molecular complexity index is 502. The Morgan fingerprint density at radius 2 is 2.14 bits per heavy atom. The summed E-state index contributed by atoms with van der Waals surface area (Å²) >= 11 is 0. The molecule has 1 atom stereocenters. The lowest BCUT2D eigenvalue weighted by atomic mass is 10.0. The number of methoxy groups -OCH3 is 1. The van der Waals surface area contributed by atoms with Gasteiger partial charge in [-0.3, -0.25) is 4.79 Å². The van der Waals surface area contributed by atoms with Gasteiger partial charge in [0.05, 0.1) is 31.5 Å². The molecule has 0 bridgehead atoms. The molecule has 1 aromatic rings. The molecule has 0 aliphatic carbocycles. The van der Waals surface area contributed by atoms with E-state index in [9.17, 15) is 4.79 Å². The first-order valence-corrected chi connectivity index (χ1v) is 7.53. The molecule has 0 spiro atoms. The monoisotopic (exact) mass is 305 g/mol. The number of ether oxygens (including phenoxy) is 2. The summed E-state index contributed by atoms with van der Waals surface area (Å²) in [7, 11) is 1.62. The lowest BCUT2D eigenvalue weighted by molar-refractivity contribution is -0.119. The zero-order valence-electron chi connectivity index (χ0n) is 13.1. The van der Waals surface area contributed by atoms with E-state index < -0.39 is 0 Å². The van der Waals surface area contributed by atoms with Gasteiger partial charge in [-0.05, 0) is 30.7 Å². The fourth-order valence-corrected chi connectivity index (χ4v) is 2.34. The Morgan fingerprint density at radius 1 is 1.36 bits per heavy atom. The van der Waals surface area contributed by atoms with Crippen molar-refractivity contribution in [1.29, 1.82) is 0 Å². The van der Waals surface area contributed by atoms with Crippen molar-refractivity contribution in [2.24, 2.45) is 5.10 Å². The Labute approximate surface area is 131 Å². The minimum absolute atomic E-state index is 0.0740. The standard InChI is InChI=1S/C16H23N3O3/c1-3-9-22-14-6-4-13(5-7-14)16-15(11-17-18-16)19(12-20)8-10-21-2/h4-7,12,15,17H,3,8-11H2,1-2H3. The summed E-state index contributed by atoms with van der Waals surface area (Å²) in [5, 5.41) is 4.34. The van der Waals surface area contributed by atoms with Crippen LogP contribution in [0.1, 0.15) is 18.9 Å². The second-order valence-corrected chi connectivity index (χ2v) is 5.08. The van der Waals surface area contributed by atoms with E-state index in [-0.39, 0.29) is 6.04 Å². The van der Waals surface area contributed by atoms with E-state index in [1.807, 2.05) is 24.3 Å². The third kappa shape index (κ3) is 3.98. The van der Waals surface area contributed by atoms with Gasteiger partial charge in [0.1, 0.15) is 5.75 Å². The molecule has 1 aliphatic rings. The summed E-state index contributed by atoms with van der Waals surface area (Å²) in [5.41, 5.74) is 4.83. The normalized spacial score (nSPS) is 16.8. The lowest BCUT2D eigenvalue weighted by Gasteiger charge is -2.25. The number of hydrogen-bond acceptors (Lipinski definition) is 5. The Balaban J connectivity index is 2.07. The van der Waals surface area contributed by atoms with Gasteiger partial charge in [-0.15, -0.1) is 0 Å². The summed E-state index contributed by atoms with van der Waals surface area (Å²) in [4.78, 5) is 13.0. The molecule has 6 heteroatoms. The molecule has 0 aromatic heterocycles. The molecule has 6 nitrogen and oxygen atoms in total. The van der Waals surface area contributed by atoms with Gasteiger partial charge in [0.15, 0.2) is 0 Å². The average Bonchev–Trinajstić information content (AvgIpc) is 3.04. The van der Waals surface area contributed by atoms with Crippen LogP contribution in [0.3, 0.4) is 0 Å². The minimum atomic E-state index is -0.0740. The van der Waals surface area contributed by atoms with Gasteiger partial charge in [-0.2, -0.15) is 5.10 Å². The Kier molecular flexibility index (Phi) is 6.21. The van der Waals surface area contributed by atoms with Crippen molar-refractivity contribution in [2.75, 3.05) is 33.4 Å². The summed E-state index contributed by atoms with van der Waals surface area (Å²) in [6.07, 6.45) is 1.83. The van der Waals surface area contributed by atoms with E-state index in [4.69, 9.17) is 9.47 Å². The highest BCUT2D eigenvalue weighted by Crippen LogP contribution is 2.17. The SMILES string of the molecule is CCCOc1ccc(C2=NNCC2N(C=O)CCOC)cc1. The van der Waals surface area contributed by atoms with E-state index in [1.165, 1.54) is 0 Å². The van der Waals surface area contributed by atoms with Crippen molar-refractivity contribution < 1.29 is 14.3 Å². The fraction of sp³-hybridized carbons (Fsp3) is 0.500. The highest BCUT2D eigenvalue weighted by molar-refractivity contribution is 6.06. The molecular formula is C16H23N3O3. The Morgan fingerprint density at radius 3 is 2.77 bits per heavy atom. The minimum Gasteiger partial charge on any atom is -0.494 e. The van der Waals surface area contributed by atoms with Gasteiger partial charge < -0.3 is 19.8 Å². The predicted octanol–water partition coefficient (Wildman–Crippen LogP) is 1.26. The lowest BCUT2D eigenvalue weighted by Crippen LogP contribution is -2.43. The number of hydrazone groups is 1. The zero-order valence-corrected chi connectivity index (χ0v) is 13.1. The van der Waals surface area contributed by atoms with Crippen LogP contribution in [0, 0.1) is 0 Å². The van der Waals surface area contributed by atoms with E-state index >= 15 is 0 Å². The maximum Gasteiger partial charge on any atom is 0.210 e. The first-order valence-electron chi connectivity index (χ1n) is 7.53. The van der Waals surface area contributed by atoms with Crippen LogP contribution in [-0.2, 0) is 9.53 Å². The zero-order chi connectivity index (χ0) is 15.8. The van der Waals surface area contributed by atoms with E-state index in [2.05, 4.69) is 17.5 Å². The van der Waals surface area contributed by atoms with E-state index in [1.54, 1.807) is 12.0 Å². The van der Waals surface area contributed by atoms with Crippen LogP contribution >= 0.6 is 0 Å². The van der Waals surface area contributed by atoms with Crippen LogP contribution in [0.25, 0.3) is 0 Å². The fourth-order valence-electron chi connectivity index (χ4n) is 2.34. The van der Waals surface area contributed by atoms with E-state index in [0.29, 0.717) is 26.3 Å². The van der Waals surface area contributed by atoms with Crippen molar-refractivity contribution in [3.05, 3.63) is 29.8 Å². The summed E-state index contributed by atoms with van der Waals surface area (Å²) < 4.78 is 10.6. The number of nitrogens with zero attached hydrogens (tertiary/aromatic N) is 2. The first kappa shape index (κ1) is 16.3. The molecule has 0 saturated heterocycles. The number of nitrogens with one attached hydrogen (secondary N) is 1.